The summed E-state index contributed by atoms with van der Waals surface area (Å²) in [7, 11) is 0. The maximum absolute atomic E-state index is 5.77. The molecule has 0 spiro atoms. The predicted octanol–water partition coefficient (Wildman–Crippen LogP) is 3.44. The highest BCUT2D eigenvalue weighted by molar-refractivity contribution is 6.29. The van der Waals surface area contributed by atoms with Crippen LogP contribution in [0.5, 0.6) is 0 Å². The third-order valence-corrected chi connectivity index (χ3v) is 2.67. The van der Waals surface area contributed by atoms with Gasteiger partial charge in [0, 0.05) is 6.54 Å². The van der Waals surface area contributed by atoms with Crippen LogP contribution < -0.4 is 5.32 Å². The van der Waals surface area contributed by atoms with Gasteiger partial charge in [-0.05, 0) is 24.0 Å². The summed E-state index contributed by atoms with van der Waals surface area (Å²) in [5.41, 5.74) is 0. The van der Waals surface area contributed by atoms with Gasteiger partial charge in [0.05, 0.1) is 0 Å². The first-order valence-corrected chi connectivity index (χ1v) is 5.34. The van der Waals surface area contributed by atoms with E-state index in [0.717, 1.165) is 12.4 Å². The molecule has 1 rings (SSSR count). The van der Waals surface area contributed by atoms with Gasteiger partial charge in [-0.2, -0.15) is 0 Å². The zero-order valence-electron chi connectivity index (χ0n) is 8.92. The Morgan fingerprint density at radius 1 is 1.36 bits per heavy atom. The van der Waals surface area contributed by atoms with E-state index in [2.05, 4.69) is 31.1 Å². The smallest absolute Gasteiger partial charge is 0.131 e. The highest BCUT2D eigenvalue weighted by atomic mass is 35.5. The Morgan fingerprint density at radius 2 is 2.07 bits per heavy atom. The van der Waals surface area contributed by atoms with Crippen molar-refractivity contribution in [2.45, 2.75) is 20.8 Å². The number of hydrogen-bond donors (Lipinski definition) is 1. The zero-order valence-corrected chi connectivity index (χ0v) is 9.67. The van der Waals surface area contributed by atoms with Crippen LogP contribution in [0.25, 0.3) is 0 Å². The quantitative estimate of drug-likeness (QED) is 0.774. The maximum atomic E-state index is 5.77. The fraction of sp³-hybridized carbons (Fsp3) is 0.545. The summed E-state index contributed by atoms with van der Waals surface area (Å²) in [6.07, 6.45) is 0. The van der Waals surface area contributed by atoms with Gasteiger partial charge in [0.2, 0.25) is 0 Å². The molecular formula is C11H17ClN2. The third kappa shape index (κ3) is 3.54. The van der Waals surface area contributed by atoms with E-state index in [4.69, 9.17) is 11.6 Å². The lowest BCUT2D eigenvalue weighted by molar-refractivity contribution is 0.439. The molecule has 0 aliphatic carbocycles. The number of hydrogen-bond acceptors (Lipinski definition) is 2. The van der Waals surface area contributed by atoms with Crippen molar-refractivity contribution >= 4 is 17.4 Å². The number of aromatic nitrogens is 1. The summed E-state index contributed by atoms with van der Waals surface area (Å²) >= 11 is 5.77. The lowest BCUT2D eigenvalue weighted by Crippen LogP contribution is -2.16. The van der Waals surface area contributed by atoms with Gasteiger partial charge in [-0.25, -0.2) is 4.98 Å². The number of pyridine rings is 1. The molecule has 0 aliphatic heterocycles. The molecule has 1 atom stereocenters. The molecule has 0 fully saturated rings. The summed E-state index contributed by atoms with van der Waals surface area (Å²) < 4.78 is 0. The Hall–Kier alpha value is -0.760. The van der Waals surface area contributed by atoms with Gasteiger partial charge in [0.15, 0.2) is 0 Å². The molecule has 78 valence electrons. The van der Waals surface area contributed by atoms with Crippen LogP contribution in [0.15, 0.2) is 18.2 Å². The first-order valence-electron chi connectivity index (χ1n) is 4.96. The fourth-order valence-corrected chi connectivity index (χ4v) is 1.17. The van der Waals surface area contributed by atoms with E-state index in [0.29, 0.717) is 17.0 Å². The second-order valence-corrected chi connectivity index (χ2v) is 4.34. The molecule has 0 bridgehead atoms. The summed E-state index contributed by atoms with van der Waals surface area (Å²) in [4.78, 5) is 4.16. The van der Waals surface area contributed by atoms with Gasteiger partial charge in [-0.1, -0.05) is 38.4 Å². The Bertz CT molecular complexity index is 286. The van der Waals surface area contributed by atoms with Gasteiger partial charge < -0.3 is 5.32 Å². The minimum Gasteiger partial charge on any atom is -0.370 e. The molecule has 14 heavy (non-hydrogen) atoms. The molecular weight excluding hydrogens is 196 g/mol. The average molecular weight is 213 g/mol. The molecule has 1 N–H and O–H groups in total. The number of nitrogens with zero attached hydrogens (tertiary/aromatic N) is 1. The summed E-state index contributed by atoms with van der Waals surface area (Å²) in [5.74, 6) is 2.17. The summed E-state index contributed by atoms with van der Waals surface area (Å²) in [6.45, 7) is 7.60. The standard InChI is InChI=1S/C11H17ClN2/c1-8(2)9(3)7-13-11-6-4-5-10(12)14-11/h4-6,8-9H,7H2,1-3H3,(H,13,14). The largest absolute Gasteiger partial charge is 0.370 e. The van der Waals surface area contributed by atoms with Gasteiger partial charge in [0.25, 0.3) is 0 Å². The molecule has 1 unspecified atom stereocenters. The Kier molecular flexibility index (Phi) is 4.21. The minimum absolute atomic E-state index is 0.534. The van der Waals surface area contributed by atoms with Crippen LogP contribution in [0.1, 0.15) is 20.8 Å². The lowest BCUT2D eigenvalue weighted by Gasteiger charge is -2.16. The predicted molar refractivity (Wildman–Crippen MR) is 61.7 cm³/mol. The fourth-order valence-electron chi connectivity index (χ4n) is 1.01. The molecule has 1 aromatic rings. The average Bonchev–Trinajstić information content (AvgIpc) is 2.14. The first-order chi connectivity index (χ1) is 6.59. The number of nitrogens with one attached hydrogen (secondary N) is 1. The van der Waals surface area contributed by atoms with Crippen molar-refractivity contribution in [1.82, 2.24) is 4.98 Å². The van der Waals surface area contributed by atoms with E-state index in [-0.39, 0.29) is 0 Å². The van der Waals surface area contributed by atoms with Crippen molar-refractivity contribution in [1.29, 1.82) is 0 Å². The van der Waals surface area contributed by atoms with Crippen molar-refractivity contribution in [3.8, 4) is 0 Å². The molecule has 1 heterocycles. The van der Waals surface area contributed by atoms with E-state index < -0.39 is 0 Å². The SMILES string of the molecule is CC(C)C(C)CNc1cccc(Cl)n1. The molecule has 0 saturated heterocycles. The molecule has 3 heteroatoms. The van der Waals surface area contributed by atoms with Crippen LogP contribution in [-0.2, 0) is 0 Å². The summed E-state index contributed by atoms with van der Waals surface area (Å²) in [5, 5.41) is 3.81. The Balaban J connectivity index is 2.45. The highest BCUT2D eigenvalue weighted by Gasteiger charge is 2.06. The second-order valence-electron chi connectivity index (χ2n) is 3.95. The normalized spacial score (nSPS) is 12.9. The van der Waals surface area contributed by atoms with E-state index in [9.17, 15) is 0 Å². The summed E-state index contributed by atoms with van der Waals surface area (Å²) in [6, 6.07) is 5.61. The van der Waals surface area contributed by atoms with E-state index in [1.165, 1.54) is 0 Å². The Labute approximate surface area is 90.7 Å². The lowest BCUT2D eigenvalue weighted by atomic mass is 9.98. The molecule has 1 aromatic heterocycles. The third-order valence-electron chi connectivity index (χ3n) is 2.46. The van der Waals surface area contributed by atoms with Crippen LogP contribution in [-0.4, -0.2) is 11.5 Å². The van der Waals surface area contributed by atoms with Crippen molar-refractivity contribution in [2.75, 3.05) is 11.9 Å². The molecule has 0 aliphatic rings. The first kappa shape index (κ1) is 11.3. The topological polar surface area (TPSA) is 24.9 Å². The van der Waals surface area contributed by atoms with E-state index >= 15 is 0 Å². The molecule has 0 saturated carbocycles. The van der Waals surface area contributed by atoms with Crippen LogP contribution in [0.3, 0.4) is 0 Å². The Morgan fingerprint density at radius 3 is 2.64 bits per heavy atom. The molecule has 0 radical (unpaired) electrons. The maximum Gasteiger partial charge on any atom is 0.131 e. The zero-order chi connectivity index (χ0) is 10.6. The number of anilines is 1. The van der Waals surface area contributed by atoms with Crippen LogP contribution in [0.4, 0.5) is 5.82 Å². The van der Waals surface area contributed by atoms with Crippen molar-refractivity contribution in [3.63, 3.8) is 0 Å². The van der Waals surface area contributed by atoms with Crippen molar-refractivity contribution in [3.05, 3.63) is 23.4 Å². The number of halogens is 1. The van der Waals surface area contributed by atoms with Gasteiger partial charge in [-0.15, -0.1) is 0 Å². The van der Waals surface area contributed by atoms with Crippen LogP contribution >= 0.6 is 11.6 Å². The van der Waals surface area contributed by atoms with Gasteiger partial charge in [-0.3, -0.25) is 0 Å². The van der Waals surface area contributed by atoms with Crippen molar-refractivity contribution in [2.24, 2.45) is 11.8 Å². The monoisotopic (exact) mass is 212 g/mol. The van der Waals surface area contributed by atoms with Gasteiger partial charge >= 0.3 is 0 Å². The van der Waals surface area contributed by atoms with Crippen molar-refractivity contribution < 1.29 is 0 Å². The minimum atomic E-state index is 0.534. The molecule has 0 aromatic carbocycles. The van der Waals surface area contributed by atoms with Crippen LogP contribution in [0, 0.1) is 11.8 Å². The molecule has 0 amide bonds. The highest BCUT2D eigenvalue weighted by Crippen LogP contribution is 2.13. The molecule has 2 nitrogen and oxygen atoms in total. The van der Waals surface area contributed by atoms with Gasteiger partial charge in [0.1, 0.15) is 11.0 Å². The van der Waals surface area contributed by atoms with Crippen LogP contribution in [0.2, 0.25) is 5.15 Å². The second kappa shape index (κ2) is 5.20. The van der Waals surface area contributed by atoms with E-state index in [1.54, 1.807) is 6.07 Å². The van der Waals surface area contributed by atoms with E-state index in [1.807, 2.05) is 12.1 Å². The number of rotatable bonds is 4.